The number of anilines is 2. The number of hydrazine groups is 1. The van der Waals surface area contributed by atoms with Crippen LogP contribution in [0.3, 0.4) is 0 Å². The summed E-state index contributed by atoms with van der Waals surface area (Å²) in [6.07, 6.45) is 3.57. The molecule has 13 heteroatoms. The number of amides is 2. The van der Waals surface area contributed by atoms with Crippen molar-refractivity contribution in [2.75, 3.05) is 56.2 Å². The predicted molar refractivity (Wildman–Crippen MR) is 121 cm³/mol. The Morgan fingerprint density at radius 2 is 1.88 bits per heavy atom. The van der Waals surface area contributed by atoms with E-state index < -0.39 is 23.7 Å². The van der Waals surface area contributed by atoms with Gasteiger partial charge in [-0.15, -0.1) is 0 Å². The van der Waals surface area contributed by atoms with Crippen LogP contribution >= 0.6 is 11.6 Å². The van der Waals surface area contributed by atoms with Gasteiger partial charge in [0.05, 0.1) is 12.5 Å². The van der Waals surface area contributed by atoms with Crippen molar-refractivity contribution in [3.8, 4) is 0 Å². The summed E-state index contributed by atoms with van der Waals surface area (Å²) >= 11 is 6.01. The lowest BCUT2D eigenvalue weighted by atomic mass is 9.92. The van der Waals surface area contributed by atoms with Gasteiger partial charge in [0.15, 0.2) is 11.6 Å². The summed E-state index contributed by atoms with van der Waals surface area (Å²) in [5, 5.41) is 20.1. The maximum Gasteiger partial charge on any atom is 0.404 e. The number of nitrogens with zero attached hydrogens (tertiary/aromatic N) is 4. The Bertz CT molecular complexity index is 820. The number of aliphatic hydroxyl groups is 1. The summed E-state index contributed by atoms with van der Waals surface area (Å²) in [5.41, 5.74) is 4.95. The molecule has 2 heterocycles. The number of aromatic nitrogens is 2. The van der Waals surface area contributed by atoms with Gasteiger partial charge < -0.3 is 20.4 Å². The molecule has 1 aromatic rings. The minimum absolute atomic E-state index is 0.0320. The molecule has 1 saturated carbocycles. The molecule has 0 bridgehead atoms. The van der Waals surface area contributed by atoms with E-state index in [0.717, 1.165) is 25.7 Å². The number of hydrogen-bond donors (Lipinski definition) is 5. The van der Waals surface area contributed by atoms with E-state index in [0.29, 0.717) is 45.1 Å². The molecule has 2 fully saturated rings. The van der Waals surface area contributed by atoms with Crippen molar-refractivity contribution in [1.29, 1.82) is 0 Å². The maximum atomic E-state index is 15.1. The van der Waals surface area contributed by atoms with Crippen molar-refractivity contribution in [2.24, 2.45) is 11.8 Å². The molecule has 0 unspecified atom stereocenters. The summed E-state index contributed by atoms with van der Waals surface area (Å²) in [5.74, 6) is -1.67. The van der Waals surface area contributed by atoms with Crippen LogP contribution in [0.5, 0.6) is 0 Å². The smallest absolute Gasteiger partial charge is 0.404 e. The van der Waals surface area contributed by atoms with Gasteiger partial charge in [0, 0.05) is 39.3 Å². The third-order valence-electron chi connectivity index (χ3n) is 6.16. The lowest BCUT2D eigenvalue weighted by Gasteiger charge is -2.35. The second kappa shape index (κ2) is 12.1. The molecule has 3 rings (SSSR count). The SMILES string of the molecule is O=C(O)NC[C@@H](CC1CCCC1)C(=O)NNc1nc(Cl)nc(N2CCN(CCO)CC2)c1F. The van der Waals surface area contributed by atoms with Gasteiger partial charge in [0.2, 0.25) is 17.0 Å². The van der Waals surface area contributed by atoms with Gasteiger partial charge in [-0.05, 0) is 23.9 Å². The Morgan fingerprint density at radius 3 is 2.52 bits per heavy atom. The number of carbonyl (C=O) groups excluding carboxylic acids is 1. The van der Waals surface area contributed by atoms with Gasteiger partial charge in [-0.25, -0.2) is 4.79 Å². The minimum atomic E-state index is -1.20. The monoisotopic (exact) mass is 487 g/mol. The van der Waals surface area contributed by atoms with E-state index in [2.05, 4.69) is 31.0 Å². The molecule has 2 amide bonds. The molecule has 0 radical (unpaired) electrons. The second-order valence-electron chi connectivity index (χ2n) is 8.41. The van der Waals surface area contributed by atoms with E-state index in [4.69, 9.17) is 21.8 Å². The molecule has 0 spiro atoms. The third kappa shape index (κ3) is 7.27. The first kappa shape index (κ1) is 25.2. The molecule has 0 aromatic carbocycles. The van der Waals surface area contributed by atoms with Crippen molar-refractivity contribution in [3.63, 3.8) is 0 Å². The summed E-state index contributed by atoms with van der Waals surface area (Å²) < 4.78 is 15.1. The highest BCUT2D eigenvalue weighted by molar-refractivity contribution is 6.28. The van der Waals surface area contributed by atoms with Gasteiger partial charge in [-0.2, -0.15) is 14.4 Å². The number of hydrogen-bond acceptors (Lipinski definition) is 8. The number of carboxylic acid groups (broad SMARTS) is 1. The minimum Gasteiger partial charge on any atom is -0.465 e. The van der Waals surface area contributed by atoms with Crippen LogP contribution in [0.15, 0.2) is 0 Å². The first-order chi connectivity index (χ1) is 15.9. The number of halogens is 2. The second-order valence-corrected chi connectivity index (χ2v) is 8.75. The largest absolute Gasteiger partial charge is 0.465 e. The fraction of sp³-hybridized carbons (Fsp3) is 0.700. The first-order valence-corrected chi connectivity index (χ1v) is 11.6. The Kier molecular flexibility index (Phi) is 9.27. The molecular formula is C20H31ClFN7O4. The Labute approximate surface area is 196 Å². The van der Waals surface area contributed by atoms with Crippen LogP contribution in [-0.4, -0.2) is 83.0 Å². The average Bonchev–Trinajstić information content (AvgIpc) is 3.30. The highest BCUT2D eigenvalue weighted by atomic mass is 35.5. The fourth-order valence-corrected chi connectivity index (χ4v) is 4.56. The van der Waals surface area contributed by atoms with E-state index >= 15 is 4.39 Å². The van der Waals surface area contributed by atoms with Crippen LogP contribution in [0.25, 0.3) is 0 Å². The molecule has 1 atom stereocenters. The number of carbonyl (C=O) groups is 2. The average molecular weight is 488 g/mol. The molecule has 2 aliphatic rings. The maximum absolute atomic E-state index is 15.1. The van der Waals surface area contributed by atoms with Crippen LogP contribution in [0.1, 0.15) is 32.1 Å². The van der Waals surface area contributed by atoms with Gasteiger partial charge in [0.1, 0.15) is 0 Å². The number of nitrogens with one attached hydrogen (secondary N) is 3. The van der Waals surface area contributed by atoms with Crippen molar-refractivity contribution in [2.45, 2.75) is 32.1 Å². The topological polar surface area (TPSA) is 143 Å². The van der Waals surface area contributed by atoms with Crippen molar-refractivity contribution in [1.82, 2.24) is 25.6 Å². The van der Waals surface area contributed by atoms with Crippen LogP contribution < -0.4 is 21.1 Å². The zero-order valence-electron chi connectivity index (χ0n) is 18.4. The molecule has 1 aromatic heterocycles. The molecule has 1 saturated heterocycles. The third-order valence-corrected chi connectivity index (χ3v) is 6.33. The first-order valence-electron chi connectivity index (χ1n) is 11.2. The van der Waals surface area contributed by atoms with Crippen molar-refractivity contribution in [3.05, 3.63) is 11.1 Å². The number of β-amino-alcohol motifs (C(OH)–C–C–N with tert-alkyl or cyclic N) is 1. The van der Waals surface area contributed by atoms with E-state index in [-0.39, 0.29) is 30.1 Å². The standard InChI is InChI=1S/C20H31ClFN7O4/c21-19-24-16(15(22)17(25-19)29-7-5-28(6-8-29)9-10-30)26-27-18(31)14(12-23-20(32)33)11-13-3-1-2-4-13/h13-14,23,30H,1-12H2,(H,27,31)(H,32,33)(H,24,25,26)/t14-/m1/s1. The van der Waals surface area contributed by atoms with Crippen LogP contribution in [0.2, 0.25) is 5.28 Å². The summed E-state index contributed by atoms with van der Waals surface area (Å²) in [6, 6.07) is 0. The lowest BCUT2D eigenvalue weighted by Crippen LogP contribution is -2.48. The van der Waals surface area contributed by atoms with Gasteiger partial charge in [0.25, 0.3) is 0 Å². The Hall–Kier alpha value is -2.44. The zero-order valence-corrected chi connectivity index (χ0v) is 19.2. The van der Waals surface area contributed by atoms with E-state index in [1.54, 1.807) is 4.90 Å². The Morgan fingerprint density at radius 1 is 1.18 bits per heavy atom. The molecular weight excluding hydrogens is 457 g/mol. The number of rotatable bonds is 10. The number of aliphatic hydroxyl groups excluding tert-OH is 1. The zero-order chi connectivity index (χ0) is 23.8. The van der Waals surface area contributed by atoms with E-state index in [1.165, 1.54) is 0 Å². The summed E-state index contributed by atoms with van der Waals surface area (Å²) in [4.78, 5) is 35.3. The quantitative estimate of drug-likeness (QED) is 0.243. The molecule has 5 N–H and O–H groups in total. The molecule has 33 heavy (non-hydrogen) atoms. The molecule has 11 nitrogen and oxygen atoms in total. The molecule has 1 aliphatic carbocycles. The van der Waals surface area contributed by atoms with Crippen LogP contribution in [0.4, 0.5) is 20.8 Å². The predicted octanol–water partition coefficient (Wildman–Crippen LogP) is 1.29. The van der Waals surface area contributed by atoms with E-state index in [9.17, 15) is 9.59 Å². The van der Waals surface area contributed by atoms with Gasteiger partial charge in [-0.3, -0.25) is 20.5 Å². The van der Waals surface area contributed by atoms with Crippen LogP contribution in [-0.2, 0) is 4.79 Å². The van der Waals surface area contributed by atoms with Crippen LogP contribution in [0, 0.1) is 17.7 Å². The lowest BCUT2D eigenvalue weighted by molar-refractivity contribution is -0.124. The van der Waals surface area contributed by atoms with E-state index in [1.807, 2.05) is 0 Å². The summed E-state index contributed by atoms with van der Waals surface area (Å²) in [7, 11) is 0. The van der Waals surface area contributed by atoms with Crippen molar-refractivity contribution < 1.29 is 24.2 Å². The van der Waals surface area contributed by atoms with Gasteiger partial charge >= 0.3 is 6.09 Å². The molecule has 1 aliphatic heterocycles. The summed E-state index contributed by atoms with van der Waals surface area (Å²) in [6.45, 7) is 2.86. The highest BCUT2D eigenvalue weighted by Crippen LogP contribution is 2.30. The van der Waals surface area contributed by atoms with Crippen molar-refractivity contribution >= 4 is 35.2 Å². The molecule has 184 valence electrons. The normalized spacial score (nSPS) is 18.2. The highest BCUT2D eigenvalue weighted by Gasteiger charge is 2.27. The fourth-order valence-electron chi connectivity index (χ4n) is 4.39. The van der Waals surface area contributed by atoms with Gasteiger partial charge in [-0.1, -0.05) is 25.7 Å². The number of piperazine rings is 1. The Balaban J connectivity index is 1.64.